The molecule has 2 unspecified atom stereocenters. The van der Waals surface area contributed by atoms with Gasteiger partial charge in [-0.05, 0) is 53.8 Å². The molecule has 0 bridgehead atoms. The number of benzene rings is 1. The minimum Gasteiger partial charge on any atom is -0.488 e. The number of hydrogen-bond donors (Lipinski definition) is 2. The van der Waals surface area contributed by atoms with Crippen LogP contribution in [0.2, 0.25) is 0 Å². The third-order valence-electron chi connectivity index (χ3n) is 4.84. The first kappa shape index (κ1) is 24.0. The smallest absolute Gasteiger partial charge is 0.191 e. The second-order valence-corrected chi connectivity index (χ2v) is 8.03. The fraction of sp³-hybridized carbons (Fsp3) is 0.500. The fourth-order valence-electron chi connectivity index (χ4n) is 3.12. The number of halogens is 1. The first-order chi connectivity index (χ1) is 13.7. The molecule has 0 amide bonds. The van der Waals surface area contributed by atoms with Crippen LogP contribution in [0.15, 0.2) is 40.0 Å². The van der Waals surface area contributed by atoms with Gasteiger partial charge in [0.25, 0.3) is 0 Å². The molecular weight excluding hydrogens is 497 g/mol. The molecule has 1 fully saturated rings. The van der Waals surface area contributed by atoms with Gasteiger partial charge >= 0.3 is 0 Å². The molecule has 3 rings (SSSR count). The summed E-state index contributed by atoms with van der Waals surface area (Å²) in [7, 11) is 0. The maximum absolute atomic E-state index is 6.19. The molecule has 1 saturated heterocycles. The van der Waals surface area contributed by atoms with Gasteiger partial charge in [-0.1, -0.05) is 19.1 Å². The average Bonchev–Trinajstić information content (AvgIpc) is 3.39. The van der Waals surface area contributed by atoms with Crippen molar-refractivity contribution < 1.29 is 9.47 Å². The first-order valence-corrected chi connectivity index (χ1v) is 11.0. The number of ether oxygens (including phenoxy) is 2. The average molecular weight is 529 g/mol. The van der Waals surface area contributed by atoms with E-state index in [1.165, 1.54) is 11.1 Å². The van der Waals surface area contributed by atoms with Crippen LogP contribution in [-0.2, 0) is 11.3 Å². The maximum Gasteiger partial charge on any atom is 0.191 e. The number of nitrogens with zero attached hydrogens (tertiary/aromatic N) is 1. The molecule has 1 aliphatic rings. The lowest BCUT2D eigenvalue weighted by molar-refractivity contribution is 0.140. The molecule has 0 aliphatic carbocycles. The van der Waals surface area contributed by atoms with Gasteiger partial charge in [-0.25, -0.2) is 4.99 Å². The van der Waals surface area contributed by atoms with Crippen molar-refractivity contribution in [3.05, 3.63) is 51.7 Å². The van der Waals surface area contributed by atoms with Gasteiger partial charge in [-0.3, -0.25) is 0 Å². The Morgan fingerprint density at radius 3 is 2.90 bits per heavy atom. The summed E-state index contributed by atoms with van der Waals surface area (Å²) < 4.78 is 11.6. The van der Waals surface area contributed by atoms with Gasteiger partial charge in [0.2, 0.25) is 0 Å². The minimum absolute atomic E-state index is 0. The Hall–Kier alpha value is -1.32. The van der Waals surface area contributed by atoms with Gasteiger partial charge in [0, 0.05) is 25.1 Å². The topological polar surface area (TPSA) is 54.9 Å². The molecule has 0 saturated carbocycles. The van der Waals surface area contributed by atoms with Crippen molar-refractivity contribution in [2.75, 3.05) is 26.3 Å². The van der Waals surface area contributed by atoms with Crippen molar-refractivity contribution in [2.45, 2.75) is 45.8 Å². The summed E-state index contributed by atoms with van der Waals surface area (Å²) in [6.45, 7) is 10.1. The normalized spacial score (nSPS) is 17.5. The molecule has 0 radical (unpaired) electrons. The number of hydrogen-bond acceptors (Lipinski definition) is 4. The minimum atomic E-state index is 0. The Bertz CT molecular complexity index is 761. The Morgan fingerprint density at radius 2 is 2.21 bits per heavy atom. The van der Waals surface area contributed by atoms with Gasteiger partial charge in [-0.15, -0.1) is 24.0 Å². The number of rotatable bonds is 8. The highest BCUT2D eigenvalue weighted by molar-refractivity contribution is 14.0. The third-order valence-corrected chi connectivity index (χ3v) is 5.55. The lowest BCUT2D eigenvalue weighted by Gasteiger charge is -2.17. The van der Waals surface area contributed by atoms with E-state index in [4.69, 9.17) is 14.5 Å². The molecule has 1 aromatic carbocycles. The quantitative estimate of drug-likeness (QED) is 0.296. The Labute approximate surface area is 195 Å². The van der Waals surface area contributed by atoms with E-state index in [1.54, 1.807) is 11.3 Å². The van der Waals surface area contributed by atoms with Crippen LogP contribution in [-0.4, -0.2) is 38.4 Å². The zero-order valence-electron chi connectivity index (χ0n) is 17.4. The van der Waals surface area contributed by atoms with Crippen molar-refractivity contribution in [1.82, 2.24) is 10.6 Å². The van der Waals surface area contributed by atoms with Gasteiger partial charge in [0.05, 0.1) is 19.8 Å². The maximum atomic E-state index is 6.19. The van der Waals surface area contributed by atoms with E-state index in [0.717, 1.165) is 43.4 Å². The van der Waals surface area contributed by atoms with E-state index in [2.05, 4.69) is 66.4 Å². The fourth-order valence-corrected chi connectivity index (χ4v) is 3.90. The molecular formula is C22H32IN3O2S. The highest BCUT2D eigenvalue weighted by atomic mass is 127. The number of aryl methyl sites for hydroxylation is 1. The van der Waals surface area contributed by atoms with Crippen LogP contribution in [0.5, 0.6) is 5.75 Å². The molecule has 1 aliphatic heterocycles. The Morgan fingerprint density at radius 1 is 1.34 bits per heavy atom. The van der Waals surface area contributed by atoms with Crippen LogP contribution >= 0.6 is 35.3 Å². The molecule has 5 nitrogen and oxygen atoms in total. The highest BCUT2D eigenvalue weighted by Gasteiger charge is 2.18. The van der Waals surface area contributed by atoms with Crippen molar-refractivity contribution in [1.29, 1.82) is 0 Å². The monoisotopic (exact) mass is 529 g/mol. The lowest BCUT2D eigenvalue weighted by Crippen LogP contribution is -2.39. The number of aliphatic imine (C=N–C) groups is 1. The van der Waals surface area contributed by atoms with Crippen LogP contribution in [0.1, 0.15) is 42.9 Å². The van der Waals surface area contributed by atoms with Crippen molar-refractivity contribution in [2.24, 2.45) is 4.99 Å². The molecule has 2 heterocycles. The number of guanidine groups is 1. The van der Waals surface area contributed by atoms with E-state index < -0.39 is 0 Å². The second kappa shape index (κ2) is 12.4. The molecule has 1 aromatic heterocycles. The largest absolute Gasteiger partial charge is 0.488 e. The molecule has 2 aromatic rings. The van der Waals surface area contributed by atoms with Crippen molar-refractivity contribution in [3.63, 3.8) is 0 Å². The van der Waals surface area contributed by atoms with Crippen LogP contribution < -0.4 is 15.4 Å². The van der Waals surface area contributed by atoms with E-state index in [0.29, 0.717) is 19.1 Å². The summed E-state index contributed by atoms with van der Waals surface area (Å²) in [6, 6.07) is 8.51. The lowest BCUT2D eigenvalue weighted by atomic mass is 10.1. The first-order valence-electron chi connectivity index (χ1n) is 10.0. The highest BCUT2D eigenvalue weighted by Crippen LogP contribution is 2.24. The summed E-state index contributed by atoms with van der Waals surface area (Å²) in [5.74, 6) is 2.19. The summed E-state index contributed by atoms with van der Waals surface area (Å²) in [4.78, 5) is 4.79. The third kappa shape index (κ3) is 7.46. The summed E-state index contributed by atoms with van der Waals surface area (Å²) in [6.07, 6.45) is 1.09. The standard InChI is InChI=1S/C22H31N3O2S.HI/c1-4-23-22(24-12-17(3)19-8-10-28-15-19)25-13-18-6-5-16(2)11-21(18)27-20-7-9-26-14-20;/h5-6,8,10-11,15,17,20H,4,7,9,12-14H2,1-3H3,(H2,23,24,25);1H. The van der Waals surface area contributed by atoms with Crippen molar-refractivity contribution >= 4 is 41.3 Å². The zero-order valence-corrected chi connectivity index (χ0v) is 20.6. The Kier molecular flexibility index (Phi) is 10.2. The number of nitrogens with one attached hydrogen (secondary N) is 2. The van der Waals surface area contributed by atoms with Crippen LogP contribution in [0, 0.1) is 6.92 Å². The van der Waals surface area contributed by atoms with Gasteiger partial charge in [0.1, 0.15) is 11.9 Å². The van der Waals surface area contributed by atoms with E-state index in [9.17, 15) is 0 Å². The summed E-state index contributed by atoms with van der Waals surface area (Å²) in [5, 5.41) is 11.1. The molecule has 29 heavy (non-hydrogen) atoms. The van der Waals surface area contributed by atoms with E-state index in [1.807, 2.05) is 0 Å². The predicted molar refractivity (Wildman–Crippen MR) is 132 cm³/mol. The van der Waals surface area contributed by atoms with Crippen LogP contribution in [0.25, 0.3) is 0 Å². The molecule has 7 heteroatoms. The van der Waals surface area contributed by atoms with Crippen LogP contribution in [0.4, 0.5) is 0 Å². The van der Waals surface area contributed by atoms with Gasteiger partial charge in [-0.2, -0.15) is 11.3 Å². The predicted octanol–water partition coefficient (Wildman–Crippen LogP) is 4.70. The van der Waals surface area contributed by atoms with Crippen LogP contribution in [0.3, 0.4) is 0 Å². The summed E-state index contributed by atoms with van der Waals surface area (Å²) in [5.41, 5.74) is 3.65. The van der Waals surface area contributed by atoms with E-state index >= 15 is 0 Å². The molecule has 160 valence electrons. The summed E-state index contributed by atoms with van der Waals surface area (Å²) >= 11 is 1.74. The van der Waals surface area contributed by atoms with E-state index in [-0.39, 0.29) is 30.1 Å². The molecule has 0 spiro atoms. The van der Waals surface area contributed by atoms with Gasteiger partial charge in [0.15, 0.2) is 5.96 Å². The molecule has 2 N–H and O–H groups in total. The zero-order chi connectivity index (χ0) is 19.8. The van der Waals surface area contributed by atoms with Gasteiger partial charge < -0.3 is 20.1 Å². The number of thiophene rings is 1. The second-order valence-electron chi connectivity index (χ2n) is 7.25. The SMILES string of the molecule is CCNC(=NCc1ccc(C)cc1OC1CCOC1)NCC(C)c1ccsc1.I. The van der Waals surface area contributed by atoms with Crippen molar-refractivity contribution in [3.8, 4) is 5.75 Å². The molecule has 2 atom stereocenters. The Balaban J connectivity index is 0.00000300.